The standard InChI is InChI=1S/C19H20N2O4/c22-16-7-5-14(6-8-16)13-1-3-15(4-2-13)17(23)21-19(18(24)25)9-11-20-12-10-19/h1-8,20,22H,9-12H2,(H,21,23)(H,24,25). The van der Waals surface area contributed by atoms with Gasteiger partial charge in [-0.2, -0.15) is 0 Å². The normalized spacial score (nSPS) is 16.2. The Morgan fingerprint density at radius 3 is 1.96 bits per heavy atom. The minimum Gasteiger partial charge on any atom is -0.508 e. The van der Waals surface area contributed by atoms with E-state index in [9.17, 15) is 19.8 Å². The van der Waals surface area contributed by atoms with Gasteiger partial charge in [0.2, 0.25) is 0 Å². The molecule has 0 aliphatic carbocycles. The zero-order valence-electron chi connectivity index (χ0n) is 13.7. The SMILES string of the molecule is O=C(NC1(C(=O)O)CCNCC1)c1ccc(-c2ccc(O)cc2)cc1. The molecule has 130 valence electrons. The van der Waals surface area contributed by atoms with Crippen LogP contribution in [0.25, 0.3) is 11.1 Å². The number of benzene rings is 2. The fourth-order valence-electron chi connectivity index (χ4n) is 3.00. The molecule has 6 heteroatoms. The van der Waals surface area contributed by atoms with Crippen LogP contribution < -0.4 is 10.6 Å². The molecule has 2 aromatic rings. The van der Waals surface area contributed by atoms with E-state index in [-0.39, 0.29) is 11.7 Å². The number of carboxylic acids is 1. The van der Waals surface area contributed by atoms with Gasteiger partial charge >= 0.3 is 5.97 Å². The smallest absolute Gasteiger partial charge is 0.329 e. The van der Waals surface area contributed by atoms with Crippen molar-refractivity contribution in [1.29, 1.82) is 0 Å². The summed E-state index contributed by atoms with van der Waals surface area (Å²) >= 11 is 0. The highest BCUT2D eigenvalue weighted by molar-refractivity contribution is 5.98. The summed E-state index contributed by atoms with van der Waals surface area (Å²) in [4.78, 5) is 24.1. The lowest BCUT2D eigenvalue weighted by Gasteiger charge is -2.34. The van der Waals surface area contributed by atoms with E-state index >= 15 is 0 Å². The summed E-state index contributed by atoms with van der Waals surface area (Å²) in [6.07, 6.45) is 0.722. The first-order valence-corrected chi connectivity index (χ1v) is 8.16. The van der Waals surface area contributed by atoms with E-state index in [1.165, 1.54) is 0 Å². The van der Waals surface area contributed by atoms with Crippen LogP contribution in [-0.4, -0.2) is 40.7 Å². The Kier molecular flexibility index (Phi) is 4.72. The van der Waals surface area contributed by atoms with Crippen molar-refractivity contribution in [3.63, 3.8) is 0 Å². The molecule has 0 spiro atoms. The Morgan fingerprint density at radius 2 is 1.44 bits per heavy atom. The topological polar surface area (TPSA) is 98.7 Å². The summed E-state index contributed by atoms with van der Waals surface area (Å²) in [6, 6.07) is 13.7. The Bertz CT molecular complexity index is 763. The average Bonchev–Trinajstić information content (AvgIpc) is 2.63. The second-order valence-corrected chi connectivity index (χ2v) is 6.22. The van der Waals surface area contributed by atoms with Crippen LogP contribution in [0.2, 0.25) is 0 Å². The van der Waals surface area contributed by atoms with Crippen molar-refractivity contribution < 1.29 is 19.8 Å². The van der Waals surface area contributed by atoms with Gasteiger partial charge in [-0.3, -0.25) is 4.79 Å². The number of aliphatic carboxylic acids is 1. The largest absolute Gasteiger partial charge is 0.508 e. The molecular weight excluding hydrogens is 320 g/mol. The van der Waals surface area contributed by atoms with Gasteiger partial charge in [0.05, 0.1) is 0 Å². The van der Waals surface area contributed by atoms with Crippen molar-refractivity contribution in [3.8, 4) is 16.9 Å². The molecule has 6 nitrogen and oxygen atoms in total. The Hall–Kier alpha value is -2.86. The van der Waals surface area contributed by atoms with Crippen LogP contribution in [0.5, 0.6) is 5.75 Å². The van der Waals surface area contributed by atoms with Crippen molar-refractivity contribution >= 4 is 11.9 Å². The molecule has 0 bridgehead atoms. The molecular formula is C19H20N2O4. The quantitative estimate of drug-likeness (QED) is 0.682. The van der Waals surface area contributed by atoms with Gasteiger partial charge in [-0.25, -0.2) is 4.79 Å². The predicted molar refractivity (Wildman–Crippen MR) is 93.5 cm³/mol. The summed E-state index contributed by atoms with van der Waals surface area (Å²) in [6.45, 7) is 1.12. The van der Waals surface area contributed by atoms with Crippen molar-refractivity contribution in [3.05, 3.63) is 54.1 Å². The third-order valence-electron chi connectivity index (χ3n) is 4.57. The van der Waals surface area contributed by atoms with Gasteiger partial charge in [0.25, 0.3) is 5.91 Å². The van der Waals surface area contributed by atoms with Gasteiger partial charge in [-0.05, 0) is 61.3 Å². The second-order valence-electron chi connectivity index (χ2n) is 6.22. The molecule has 1 fully saturated rings. The van der Waals surface area contributed by atoms with E-state index in [1.807, 2.05) is 0 Å². The van der Waals surface area contributed by atoms with E-state index in [1.54, 1.807) is 48.5 Å². The Labute approximate surface area is 145 Å². The summed E-state index contributed by atoms with van der Waals surface area (Å²) in [5.74, 6) is -1.19. The minimum absolute atomic E-state index is 0.195. The maximum atomic E-state index is 12.5. The molecule has 1 amide bonds. The lowest BCUT2D eigenvalue weighted by atomic mass is 9.88. The van der Waals surface area contributed by atoms with Crippen LogP contribution >= 0.6 is 0 Å². The lowest BCUT2D eigenvalue weighted by Crippen LogP contribution is -2.59. The molecule has 1 saturated heterocycles. The molecule has 0 aromatic heterocycles. The average molecular weight is 340 g/mol. The van der Waals surface area contributed by atoms with Gasteiger partial charge in [-0.15, -0.1) is 0 Å². The van der Waals surface area contributed by atoms with Crippen molar-refractivity contribution in [2.45, 2.75) is 18.4 Å². The Balaban J connectivity index is 1.76. The highest BCUT2D eigenvalue weighted by Gasteiger charge is 2.41. The number of hydrogen-bond donors (Lipinski definition) is 4. The summed E-state index contributed by atoms with van der Waals surface area (Å²) < 4.78 is 0. The van der Waals surface area contributed by atoms with Gasteiger partial charge in [0, 0.05) is 5.56 Å². The number of amides is 1. The maximum absolute atomic E-state index is 12.5. The number of carbonyl (C=O) groups excluding carboxylic acids is 1. The molecule has 0 atom stereocenters. The van der Waals surface area contributed by atoms with Gasteiger partial charge < -0.3 is 20.8 Å². The zero-order valence-corrected chi connectivity index (χ0v) is 13.7. The first kappa shape index (κ1) is 17.0. The third kappa shape index (κ3) is 3.64. The number of nitrogens with one attached hydrogen (secondary N) is 2. The number of piperidine rings is 1. The molecule has 1 aliphatic heterocycles. The molecule has 4 N–H and O–H groups in total. The van der Waals surface area contributed by atoms with Crippen LogP contribution in [0.1, 0.15) is 23.2 Å². The molecule has 0 radical (unpaired) electrons. The predicted octanol–water partition coefficient (Wildman–Crippen LogP) is 2.00. The first-order valence-electron chi connectivity index (χ1n) is 8.16. The number of phenols is 1. The molecule has 0 saturated carbocycles. The van der Waals surface area contributed by atoms with Crippen molar-refractivity contribution in [1.82, 2.24) is 10.6 Å². The van der Waals surface area contributed by atoms with Crippen LogP contribution in [0.4, 0.5) is 0 Å². The van der Waals surface area contributed by atoms with E-state index < -0.39 is 11.5 Å². The fourth-order valence-corrected chi connectivity index (χ4v) is 3.00. The first-order chi connectivity index (χ1) is 12.0. The van der Waals surface area contributed by atoms with Crippen LogP contribution in [0.3, 0.4) is 0 Å². The van der Waals surface area contributed by atoms with Crippen LogP contribution in [-0.2, 0) is 4.79 Å². The number of rotatable bonds is 4. The molecule has 3 rings (SSSR count). The molecule has 1 aliphatic rings. The summed E-state index contributed by atoms with van der Waals surface area (Å²) in [5.41, 5.74) is 1.04. The Morgan fingerprint density at radius 1 is 0.920 bits per heavy atom. The number of aromatic hydroxyl groups is 1. The fraction of sp³-hybridized carbons (Fsp3) is 0.263. The van der Waals surface area contributed by atoms with Crippen LogP contribution in [0, 0.1) is 0 Å². The molecule has 2 aromatic carbocycles. The minimum atomic E-state index is -1.21. The number of hydrogen-bond acceptors (Lipinski definition) is 4. The zero-order chi connectivity index (χ0) is 17.9. The van der Waals surface area contributed by atoms with E-state index in [0.29, 0.717) is 31.5 Å². The second kappa shape index (κ2) is 6.94. The molecule has 0 unspecified atom stereocenters. The summed E-state index contributed by atoms with van der Waals surface area (Å²) in [5, 5.41) is 24.7. The van der Waals surface area contributed by atoms with Crippen LogP contribution in [0.15, 0.2) is 48.5 Å². The highest BCUT2D eigenvalue weighted by Crippen LogP contribution is 2.23. The van der Waals surface area contributed by atoms with E-state index in [2.05, 4.69) is 10.6 Å². The van der Waals surface area contributed by atoms with Gasteiger partial charge in [0.1, 0.15) is 11.3 Å². The number of carbonyl (C=O) groups is 2. The van der Waals surface area contributed by atoms with Crippen molar-refractivity contribution in [2.75, 3.05) is 13.1 Å². The van der Waals surface area contributed by atoms with E-state index in [0.717, 1.165) is 11.1 Å². The van der Waals surface area contributed by atoms with Crippen molar-refractivity contribution in [2.24, 2.45) is 0 Å². The lowest BCUT2D eigenvalue weighted by molar-refractivity contribution is -0.145. The summed E-state index contributed by atoms with van der Waals surface area (Å²) in [7, 11) is 0. The third-order valence-corrected chi connectivity index (χ3v) is 4.57. The number of phenolic OH excluding ortho intramolecular Hbond substituents is 1. The molecule has 1 heterocycles. The molecule has 25 heavy (non-hydrogen) atoms. The van der Waals surface area contributed by atoms with Gasteiger partial charge in [-0.1, -0.05) is 24.3 Å². The highest BCUT2D eigenvalue weighted by atomic mass is 16.4. The number of carboxylic acid groups (broad SMARTS) is 1. The van der Waals surface area contributed by atoms with E-state index in [4.69, 9.17) is 0 Å². The maximum Gasteiger partial charge on any atom is 0.329 e. The monoisotopic (exact) mass is 340 g/mol. The van der Waals surface area contributed by atoms with Gasteiger partial charge in [0.15, 0.2) is 0 Å².